The fourth-order valence-electron chi connectivity index (χ4n) is 1.90. The standard InChI is InChI=1S/C14H16F3N3OS/c1-9(8-22-13-19-18-12(7-21)20(13)2)10-3-5-11(6-4-10)14(15,16)17/h3-6,9,21H,7-8H2,1-2H3/t9-/m0/s1. The second-order valence-corrected chi connectivity index (χ2v) is 5.93. The van der Waals surface area contributed by atoms with Crippen LogP contribution in [0.5, 0.6) is 0 Å². The maximum atomic E-state index is 12.5. The van der Waals surface area contributed by atoms with Crippen molar-refractivity contribution in [3.63, 3.8) is 0 Å². The zero-order valence-corrected chi connectivity index (χ0v) is 12.9. The smallest absolute Gasteiger partial charge is 0.388 e. The Morgan fingerprint density at radius 1 is 1.23 bits per heavy atom. The fourth-order valence-corrected chi connectivity index (χ4v) is 2.89. The van der Waals surface area contributed by atoms with Crippen LogP contribution in [0.4, 0.5) is 13.2 Å². The molecule has 0 radical (unpaired) electrons. The summed E-state index contributed by atoms with van der Waals surface area (Å²) >= 11 is 1.45. The number of aromatic nitrogens is 3. The van der Waals surface area contributed by atoms with Crippen molar-refractivity contribution in [3.05, 3.63) is 41.2 Å². The minimum atomic E-state index is -4.31. The molecule has 0 spiro atoms. The van der Waals surface area contributed by atoms with Crippen molar-refractivity contribution in [3.8, 4) is 0 Å². The molecule has 1 atom stereocenters. The molecule has 1 aromatic heterocycles. The number of nitrogens with zero attached hydrogens (tertiary/aromatic N) is 3. The average Bonchev–Trinajstić information content (AvgIpc) is 2.84. The zero-order chi connectivity index (χ0) is 16.3. The number of aliphatic hydroxyl groups is 1. The van der Waals surface area contributed by atoms with Gasteiger partial charge < -0.3 is 9.67 Å². The molecule has 0 aliphatic carbocycles. The third-order valence-corrected chi connectivity index (χ3v) is 4.62. The van der Waals surface area contributed by atoms with Gasteiger partial charge in [-0.15, -0.1) is 10.2 Å². The highest BCUT2D eigenvalue weighted by atomic mass is 32.2. The first-order valence-corrected chi connectivity index (χ1v) is 7.60. The highest BCUT2D eigenvalue weighted by molar-refractivity contribution is 7.99. The Morgan fingerprint density at radius 2 is 1.86 bits per heavy atom. The van der Waals surface area contributed by atoms with Gasteiger partial charge in [0.2, 0.25) is 0 Å². The number of alkyl halides is 3. The van der Waals surface area contributed by atoms with E-state index in [0.717, 1.165) is 17.7 Å². The molecule has 120 valence electrons. The fraction of sp³-hybridized carbons (Fsp3) is 0.429. The Hall–Kier alpha value is -1.54. The van der Waals surface area contributed by atoms with E-state index in [1.54, 1.807) is 11.6 Å². The van der Waals surface area contributed by atoms with Gasteiger partial charge in [0.05, 0.1) is 5.56 Å². The molecule has 22 heavy (non-hydrogen) atoms. The number of thioether (sulfide) groups is 1. The quantitative estimate of drug-likeness (QED) is 0.855. The predicted molar refractivity (Wildman–Crippen MR) is 77.5 cm³/mol. The number of halogens is 3. The molecular formula is C14H16F3N3OS. The van der Waals surface area contributed by atoms with Crippen molar-refractivity contribution in [2.45, 2.75) is 30.8 Å². The lowest BCUT2D eigenvalue weighted by Gasteiger charge is -2.13. The van der Waals surface area contributed by atoms with Gasteiger partial charge in [0.1, 0.15) is 6.61 Å². The van der Waals surface area contributed by atoms with Crippen LogP contribution in [-0.2, 0) is 19.8 Å². The lowest BCUT2D eigenvalue weighted by atomic mass is 10.0. The molecule has 1 N–H and O–H groups in total. The molecular weight excluding hydrogens is 315 g/mol. The van der Waals surface area contributed by atoms with E-state index >= 15 is 0 Å². The van der Waals surface area contributed by atoms with E-state index in [2.05, 4.69) is 10.2 Å². The molecule has 0 unspecified atom stereocenters. The second-order valence-electron chi connectivity index (χ2n) is 4.95. The van der Waals surface area contributed by atoms with Crippen LogP contribution in [0, 0.1) is 0 Å². The molecule has 0 bridgehead atoms. The molecule has 0 saturated carbocycles. The third kappa shape index (κ3) is 3.80. The molecule has 1 heterocycles. The molecule has 4 nitrogen and oxygen atoms in total. The van der Waals surface area contributed by atoms with Gasteiger partial charge in [0, 0.05) is 12.8 Å². The van der Waals surface area contributed by atoms with Gasteiger partial charge in [-0.3, -0.25) is 0 Å². The van der Waals surface area contributed by atoms with E-state index in [1.807, 2.05) is 6.92 Å². The van der Waals surface area contributed by atoms with Crippen molar-refractivity contribution in [2.24, 2.45) is 7.05 Å². The van der Waals surface area contributed by atoms with Gasteiger partial charge in [-0.2, -0.15) is 13.2 Å². The van der Waals surface area contributed by atoms with E-state index in [1.165, 1.54) is 23.9 Å². The Bertz CT molecular complexity index is 625. The number of hydrogen-bond donors (Lipinski definition) is 1. The van der Waals surface area contributed by atoms with Gasteiger partial charge >= 0.3 is 6.18 Å². The zero-order valence-electron chi connectivity index (χ0n) is 12.1. The van der Waals surface area contributed by atoms with Gasteiger partial charge in [-0.25, -0.2) is 0 Å². The van der Waals surface area contributed by atoms with Crippen molar-refractivity contribution in [2.75, 3.05) is 5.75 Å². The Kier molecular flexibility index (Phi) is 5.12. The maximum Gasteiger partial charge on any atom is 0.416 e. The molecule has 0 amide bonds. The summed E-state index contributed by atoms with van der Waals surface area (Å²) in [6.07, 6.45) is -4.31. The Morgan fingerprint density at radius 3 is 2.36 bits per heavy atom. The van der Waals surface area contributed by atoms with Crippen molar-refractivity contribution >= 4 is 11.8 Å². The first-order valence-electron chi connectivity index (χ1n) is 6.62. The molecule has 1 aromatic carbocycles. The van der Waals surface area contributed by atoms with Crippen LogP contribution < -0.4 is 0 Å². The lowest BCUT2D eigenvalue weighted by Crippen LogP contribution is -2.05. The van der Waals surface area contributed by atoms with Crippen LogP contribution in [0.2, 0.25) is 0 Å². The maximum absolute atomic E-state index is 12.5. The SMILES string of the molecule is C[C@@H](CSc1nnc(CO)n1C)c1ccc(C(F)(F)F)cc1. The van der Waals surface area contributed by atoms with Crippen LogP contribution in [0.1, 0.15) is 29.8 Å². The van der Waals surface area contributed by atoms with Gasteiger partial charge in [-0.1, -0.05) is 30.8 Å². The number of benzene rings is 1. The van der Waals surface area contributed by atoms with E-state index < -0.39 is 11.7 Å². The number of rotatable bonds is 5. The molecule has 0 fully saturated rings. The topological polar surface area (TPSA) is 50.9 Å². The molecule has 0 aliphatic rings. The van der Waals surface area contributed by atoms with Gasteiger partial charge in [0.15, 0.2) is 11.0 Å². The van der Waals surface area contributed by atoms with Gasteiger partial charge in [-0.05, 0) is 23.6 Å². The molecule has 0 saturated heterocycles. The summed E-state index contributed by atoms with van der Waals surface area (Å²) in [5.74, 6) is 1.20. The highest BCUT2D eigenvalue weighted by Gasteiger charge is 2.30. The van der Waals surface area contributed by atoms with E-state index in [-0.39, 0.29) is 12.5 Å². The first kappa shape index (κ1) is 16.8. The van der Waals surface area contributed by atoms with E-state index in [4.69, 9.17) is 5.11 Å². The summed E-state index contributed by atoms with van der Waals surface area (Å²) in [6.45, 7) is 1.76. The van der Waals surface area contributed by atoms with E-state index in [0.29, 0.717) is 16.7 Å². The summed E-state index contributed by atoms with van der Waals surface area (Å²) in [4.78, 5) is 0. The van der Waals surface area contributed by atoms with Crippen LogP contribution in [0.25, 0.3) is 0 Å². The van der Waals surface area contributed by atoms with E-state index in [9.17, 15) is 13.2 Å². The summed E-state index contributed by atoms with van der Waals surface area (Å²) in [5.41, 5.74) is 0.196. The molecule has 0 aliphatic heterocycles. The Labute approximate surface area is 130 Å². The first-order chi connectivity index (χ1) is 10.3. The van der Waals surface area contributed by atoms with Crippen molar-refractivity contribution in [1.29, 1.82) is 0 Å². The summed E-state index contributed by atoms with van der Waals surface area (Å²) in [5, 5.41) is 17.5. The molecule has 2 aromatic rings. The number of aliphatic hydroxyl groups excluding tert-OH is 1. The largest absolute Gasteiger partial charge is 0.416 e. The third-order valence-electron chi connectivity index (χ3n) is 3.34. The van der Waals surface area contributed by atoms with Crippen LogP contribution in [0.15, 0.2) is 29.4 Å². The average molecular weight is 331 g/mol. The van der Waals surface area contributed by atoms with Crippen molar-refractivity contribution < 1.29 is 18.3 Å². The van der Waals surface area contributed by atoms with Crippen molar-refractivity contribution in [1.82, 2.24) is 14.8 Å². The van der Waals surface area contributed by atoms with Crippen LogP contribution in [-0.4, -0.2) is 25.6 Å². The second kappa shape index (κ2) is 6.70. The monoisotopic (exact) mass is 331 g/mol. The highest BCUT2D eigenvalue weighted by Crippen LogP contribution is 2.31. The minimum absolute atomic E-state index is 0.0709. The predicted octanol–water partition coefficient (Wildman–Crippen LogP) is 3.22. The number of hydrogen-bond acceptors (Lipinski definition) is 4. The summed E-state index contributed by atoms with van der Waals surface area (Å²) < 4.78 is 39.3. The summed E-state index contributed by atoms with van der Waals surface area (Å²) in [6, 6.07) is 5.21. The Balaban J connectivity index is 2.00. The molecule has 2 rings (SSSR count). The normalized spacial score (nSPS) is 13.4. The van der Waals surface area contributed by atoms with Crippen LogP contribution in [0.3, 0.4) is 0 Å². The lowest BCUT2D eigenvalue weighted by molar-refractivity contribution is -0.137. The summed E-state index contributed by atoms with van der Waals surface area (Å²) in [7, 11) is 1.76. The van der Waals surface area contributed by atoms with Crippen LogP contribution >= 0.6 is 11.8 Å². The molecule has 8 heteroatoms. The van der Waals surface area contributed by atoms with Gasteiger partial charge in [0.25, 0.3) is 0 Å². The minimum Gasteiger partial charge on any atom is -0.388 e.